The molecule has 0 N–H and O–H groups in total. The number of piperidine rings is 1. The molecule has 0 spiro atoms. The molecule has 2 aliphatic heterocycles. The summed E-state index contributed by atoms with van der Waals surface area (Å²) >= 11 is 0. The van der Waals surface area contributed by atoms with Crippen molar-refractivity contribution in [1.29, 1.82) is 0 Å². The fourth-order valence-corrected chi connectivity index (χ4v) is 3.21. The smallest absolute Gasteiger partial charge is 0.258 e. The first-order valence-corrected chi connectivity index (χ1v) is 7.55. The number of fused-ring (bicyclic) bond motifs is 4. The highest BCUT2D eigenvalue weighted by atomic mass is 16.5. The number of nitrogens with zero attached hydrogens (tertiary/aromatic N) is 3. The highest BCUT2D eigenvalue weighted by molar-refractivity contribution is 5.78. The van der Waals surface area contributed by atoms with Gasteiger partial charge >= 0.3 is 0 Å². The second-order valence-corrected chi connectivity index (χ2v) is 5.68. The van der Waals surface area contributed by atoms with E-state index in [4.69, 9.17) is 9.72 Å². The zero-order valence-corrected chi connectivity index (χ0v) is 11.8. The quantitative estimate of drug-likeness (QED) is 0.798. The third-order valence-electron chi connectivity index (χ3n) is 4.40. The molecule has 3 heterocycles. The van der Waals surface area contributed by atoms with E-state index < -0.39 is 0 Å². The van der Waals surface area contributed by atoms with Gasteiger partial charge in [-0.25, -0.2) is 9.97 Å². The van der Waals surface area contributed by atoms with Gasteiger partial charge in [0.1, 0.15) is 6.61 Å². The Labute approximate surface area is 118 Å². The Morgan fingerprint density at radius 1 is 1.25 bits per heavy atom. The Balaban J connectivity index is 1.83. The van der Waals surface area contributed by atoms with Crippen LogP contribution in [0, 0.1) is 0 Å². The summed E-state index contributed by atoms with van der Waals surface area (Å²) < 4.78 is 5.86. The van der Waals surface area contributed by atoms with E-state index in [1.165, 1.54) is 24.8 Å². The monoisotopic (exact) mass is 269 g/mol. The van der Waals surface area contributed by atoms with Crippen LogP contribution in [0.15, 0.2) is 18.2 Å². The molecule has 1 unspecified atom stereocenters. The van der Waals surface area contributed by atoms with Gasteiger partial charge in [-0.2, -0.15) is 0 Å². The maximum atomic E-state index is 5.86. The molecular weight excluding hydrogens is 250 g/mol. The van der Waals surface area contributed by atoms with Crippen molar-refractivity contribution in [3.05, 3.63) is 23.8 Å². The number of aromatic nitrogens is 2. The van der Waals surface area contributed by atoms with E-state index in [1.54, 1.807) is 0 Å². The molecule has 0 radical (unpaired) electrons. The van der Waals surface area contributed by atoms with Gasteiger partial charge in [-0.05, 0) is 43.4 Å². The Morgan fingerprint density at radius 3 is 3.10 bits per heavy atom. The highest BCUT2D eigenvalue weighted by Gasteiger charge is 2.32. The number of rotatable bonds is 1. The van der Waals surface area contributed by atoms with Crippen LogP contribution in [-0.2, 0) is 6.42 Å². The van der Waals surface area contributed by atoms with Crippen LogP contribution in [0.1, 0.15) is 31.7 Å². The van der Waals surface area contributed by atoms with Crippen LogP contribution >= 0.6 is 0 Å². The Bertz CT molecular complexity index is 655. The standard InChI is InChI=1S/C16H19N3O/c1-2-11-6-7-13-14(9-11)18-16-15(17-13)19-8-4-3-5-12(19)10-20-16/h6-7,9,12H,2-5,8,10H2,1H3. The molecule has 1 fully saturated rings. The number of ether oxygens (including phenoxy) is 1. The van der Waals surface area contributed by atoms with Crippen LogP contribution in [0.25, 0.3) is 11.0 Å². The predicted octanol–water partition coefficient (Wildman–Crippen LogP) is 2.94. The third kappa shape index (κ3) is 1.82. The summed E-state index contributed by atoms with van der Waals surface area (Å²) in [6.45, 7) is 3.98. The molecule has 1 aromatic heterocycles. The van der Waals surface area contributed by atoms with Crippen molar-refractivity contribution in [2.45, 2.75) is 38.6 Å². The lowest BCUT2D eigenvalue weighted by Gasteiger charge is -2.40. The lowest BCUT2D eigenvalue weighted by Crippen LogP contribution is -2.46. The normalized spacial score (nSPS) is 21.2. The molecule has 4 heteroatoms. The summed E-state index contributed by atoms with van der Waals surface area (Å²) in [6.07, 6.45) is 4.75. The van der Waals surface area contributed by atoms with Crippen molar-refractivity contribution in [1.82, 2.24) is 9.97 Å². The summed E-state index contributed by atoms with van der Waals surface area (Å²) in [5.74, 6) is 1.65. The fraction of sp³-hybridized carbons (Fsp3) is 0.500. The van der Waals surface area contributed by atoms with E-state index in [2.05, 4.69) is 35.0 Å². The maximum Gasteiger partial charge on any atom is 0.258 e. The molecule has 0 amide bonds. The molecule has 0 bridgehead atoms. The molecule has 1 aromatic carbocycles. The van der Waals surface area contributed by atoms with Gasteiger partial charge in [-0.15, -0.1) is 0 Å². The van der Waals surface area contributed by atoms with Gasteiger partial charge in [0.25, 0.3) is 5.88 Å². The van der Waals surface area contributed by atoms with Gasteiger partial charge in [-0.3, -0.25) is 0 Å². The lowest BCUT2D eigenvalue weighted by atomic mass is 10.0. The Hall–Kier alpha value is -1.84. The number of hydrogen-bond donors (Lipinski definition) is 0. The van der Waals surface area contributed by atoms with Crippen molar-refractivity contribution in [2.75, 3.05) is 18.1 Å². The van der Waals surface area contributed by atoms with Crippen molar-refractivity contribution >= 4 is 16.9 Å². The van der Waals surface area contributed by atoms with Crippen molar-refractivity contribution in [3.8, 4) is 5.88 Å². The molecule has 20 heavy (non-hydrogen) atoms. The maximum absolute atomic E-state index is 5.86. The van der Waals surface area contributed by atoms with Crippen LogP contribution in [-0.4, -0.2) is 29.2 Å². The zero-order valence-electron chi connectivity index (χ0n) is 11.8. The first-order valence-electron chi connectivity index (χ1n) is 7.55. The van der Waals surface area contributed by atoms with Gasteiger partial charge in [-0.1, -0.05) is 13.0 Å². The van der Waals surface area contributed by atoms with Gasteiger partial charge in [0, 0.05) is 6.54 Å². The molecule has 2 aromatic rings. The average Bonchev–Trinajstić information content (AvgIpc) is 2.52. The van der Waals surface area contributed by atoms with Crippen LogP contribution < -0.4 is 9.64 Å². The summed E-state index contributed by atoms with van der Waals surface area (Å²) in [6, 6.07) is 6.82. The van der Waals surface area contributed by atoms with Crippen molar-refractivity contribution < 1.29 is 4.74 Å². The minimum absolute atomic E-state index is 0.484. The first-order chi connectivity index (χ1) is 9.85. The molecule has 4 rings (SSSR count). The van der Waals surface area contributed by atoms with E-state index in [-0.39, 0.29) is 0 Å². The van der Waals surface area contributed by atoms with Gasteiger partial charge in [0.2, 0.25) is 0 Å². The number of benzene rings is 1. The molecule has 4 nitrogen and oxygen atoms in total. The third-order valence-corrected chi connectivity index (χ3v) is 4.40. The van der Waals surface area contributed by atoms with E-state index in [0.29, 0.717) is 11.9 Å². The fourth-order valence-electron chi connectivity index (χ4n) is 3.21. The van der Waals surface area contributed by atoms with Gasteiger partial charge < -0.3 is 9.64 Å². The molecule has 1 saturated heterocycles. The van der Waals surface area contributed by atoms with E-state index >= 15 is 0 Å². The lowest BCUT2D eigenvalue weighted by molar-refractivity contribution is 0.230. The van der Waals surface area contributed by atoms with Crippen LogP contribution in [0.5, 0.6) is 5.88 Å². The average molecular weight is 269 g/mol. The molecular formula is C16H19N3O. The van der Waals surface area contributed by atoms with Crippen LogP contribution in [0.2, 0.25) is 0 Å². The zero-order chi connectivity index (χ0) is 13.5. The van der Waals surface area contributed by atoms with E-state index in [9.17, 15) is 0 Å². The first kappa shape index (κ1) is 11.9. The SMILES string of the molecule is CCc1ccc2nc3c(nc2c1)OCC1CCCCN31. The Morgan fingerprint density at radius 2 is 2.20 bits per heavy atom. The summed E-state index contributed by atoms with van der Waals surface area (Å²) in [5.41, 5.74) is 3.20. The second kappa shape index (κ2) is 4.62. The Kier molecular flexibility index (Phi) is 2.76. The summed E-state index contributed by atoms with van der Waals surface area (Å²) in [7, 11) is 0. The molecule has 104 valence electrons. The molecule has 2 aliphatic rings. The number of hydrogen-bond acceptors (Lipinski definition) is 4. The van der Waals surface area contributed by atoms with E-state index in [0.717, 1.165) is 36.4 Å². The van der Waals surface area contributed by atoms with Crippen molar-refractivity contribution in [3.63, 3.8) is 0 Å². The van der Waals surface area contributed by atoms with E-state index in [1.807, 2.05) is 0 Å². The minimum Gasteiger partial charge on any atom is -0.473 e. The summed E-state index contributed by atoms with van der Waals surface area (Å²) in [4.78, 5) is 11.9. The predicted molar refractivity (Wildman–Crippen MR) is 79.4 cm³/mol. The highest BCUT2D eigenvalue weighted by Crippen LogP contribution is 2.35. The molecule has 0 saturated carbocycles. The number of aryl methyl sites for hydroxylation is 1. The second-order valence-electron chi connectivity index (χ2n) is 5.68. The van der Waals surface area contributed by atoms with Gasteiger partial charge in [0.05, 0.1) is 17.1 Å². The van der Waals surface area contributed by atoms with Crippen molar-refractivity contribution in [2.24, 2.45) is 0 Å². The topological polar surface area (TPSA) is 38.3 Å². The largest absolute Gasteiger partial charge is 0.473 e. The van der Waals surface area contributed by atoms with Gasteiger partial charge in [0.15, 0.2) is 5.82 Å². The molecule has 0 aliphatic carbocycles. The van der Waals surface area contributed by atoms with Crippen LogP contribution in [0.3, 0.4) is 0 Å². The number of anilines is 1. The summed E-state index contributed by atoms with van der Waals surface area (Å²) in [5, 5.41) is 0. The van der Waals surface area contributed by atoms with Crippen LogP contribution in [0.4, 0.5) is 5.82 Å². The minimum atomic E-state index is 0.484. The molecule has 1 atom stereocenters.